The van der Waals surface area contributed by atoms with Crippen molar-refractivity contribution in [3.8, 4) is 5.75 Å². The molecule has 27 heavy (non-hydrogen) atoms. The molecule has 6 nitrogen and oxygen atoms in total. The fraction of sp³-hybridized carbons (Fsp3) is 0.500. The molecule has 1 atom stereocenters. The van der Waals surface area contributed by atoms with Crippen molar-refractivity contribution in [1.29, 1.82) is 0 Å². The maximum Gasteiger partial charge on any atom is 0.332 e. The summed E-state index contributed by atoms with van der Waals surface area (Å²) in [6.07, 6.45) is 0.635. The highest BCUT2D eigenvalue weighted by Gasteiger charge is 2.39. The fourth-order valence-electron chi connectivity index (χ4n) is 1.64. The molecule has 0 heterocycles. The van der Waals surface area contributed by atoms with Gasteiger partial charge in [0.05, 0.1) is 6.61 Å². The number of hydrogen-bond donors (Lipinski definition) is 1. The van der Waals surface area contributed by atoms with E-state index in [9.17, 15) is 36.6 Å². The third-order valence-corrected chi connectivity index (χ3v) is 3.33. The van der Waals surface area contributed by atoms with Crippen molar-refractivity contribution in [2.45, 2.75) is 20.3 Å². The summed E-state index contributed by atoms with van der Waals surface area (Å²) < 4.78 is 80.3. The van der Waals surface area contributed by atoms with Crippen molar-refractivity contribution < 1.29 is 50.9 Å². The van der Waals surface area contributed by atoms with E-state index in [0.717, 1.165) is 6.92 Å². The van der Waals surface area contributed by atoms with Crippen molar-refractivity contribution in [3.05, 3.63) is 29.1 Å². The Bertz CT molecular complexity index is 682. The van der Waals surface area contributed by atoms with Crippen LogP contribution in [0.15, 0.2) is 0 Å². The topological polar surface area (TPSA) is 82.1 Å². The average Bonchev–Trinajstić information content (AvgIpc) is 2.66. The Morgan fingerprint density at radius 3 is 2.00 bits per heavy atom. The molecule has 0 saturated heterocycles. The number of aliphatic hydroxyl groups is 1. The highest BCUT2D eigenvalue weighted by atomic mass is 19.2. The highest BCUT2D eigenvalue weighted by Crippen LogP contribution is 2.31. The van der Waals surface area contributed by atoms with E-state index in [-0.39, 0.29) is 6.61 Å². The number of carbonyl (C=O) groups is 2. The highest BCUT2D eigenvalue weighted by molar-refractivity contribution is 5.80. The molecule has 1 aromatic carbocycles. The summed E-state index contributed by atoms with van der Waals surface area (Å²) in [7, 11) is 0. The first kappa shape index (κ1) is 22.8. The maximum atomic E-state index is 13.6. The number of carbonyl (C=O) groups excluding carboxylic acids is 2. The van der Waals surface area contributed by atoms with Gasteiger partial charge in [-0.2, -0.15) is 8.78 Å². The Morgan fingerprint density at radius 1 is 1.00 bits per heavy atom. The first-order valence-electron chi connectivity index (χ1n) is 7.67. The van der Waals surface area contributed by atoms with E-state index < -0.39 is 72.0 Å². The average molecular weight is 400 g/mol. The van der Waals surface area contributed by atoms with E-state index >= 15 is 0 Å². The number of rotatable bonds is 9. The molecule has 0 aliphatic heterocycles. The van der Waals surface area contributed by atoms with Crippen molar-refractivity contribution in [2.75, 3.05) is 26.4 Å². The van der Waals surface area contributed by atoms with E-state index in [2.05, 4.69) is 4.74 Å². The number of ether oxygens (including phenoxy) is 3. The molecule has 1 rings (SSSR count). The minimum atomic E-state index is -2.42. The van der Waals surface area contributed by atoms with Crippen LogP contribution in [0.4, 0.5) is 22.0 Å². The van der Waals surface area contributed by atoms with Gasteiger partial charge in [0.2, 0.25) is 34.8 Å². The molecular formula is C16H17F5O6. The van der Waals surface area contributed by atoms with E-state index in [4.69, 9.17) is 9.47 Å². The van der Waals surface area contributed by atoms with Crippen molar-refractivity contribution in [1.82, 2.24) is 0 Å². The molecule has 152 valence electrons. The Balaban J connectivity index is 2.91. The van der Waals surface area contributed by atoms with E-state index in [0.29, 0.717) is 6.42 Å². The summed E-state index contributed by atoms with van der Waals surface area (Å²) in [5, 5.41) is 9.33. The molecule has 1 aromatic rings. The van der Waals surface area contributed by atoms with Gasteiger partial charge in [-0.15, -0.1) is 0 Å². The van der Waals surface area contributed by atoms with Crippen molar-refractivity contribution in [2.24, 2.45) is 5.41 Å². The van der Waals surface area contributed by atoms with Crippen LogP contribution >= 0.6 is 0 Å². The van der Waals surface area contributed by atoms with Crippen LogP contribution in [0.5, 0.6) is 5.75 Å². The van der Waals surface area contributed by atoms with E-state index in [1.165, 1.54) is 0 Å². The van der Waals surface area contributed by atoms with Gasteiger partial charge in [0.25, 0.3) is 0 Å². The maximum absolute atomic E-state index is 13.6. The van der Waals surface area contributed by atoms with Gasteiger partial charge < -0.3 is 19.3 Å². The molecule has 1 N–H and O–H groups in total. The number of halogens is 5. The minimum Gasteiger partial charge on any atom is -0.463 e. The monoisotopic (exact) mass is 400 g/mol. The van der Waals surface area contributed by atoms with Crippen molar-refractivity contribution >= 4 is 11.9 Å². The molecule has 0 amide bonds. The van der Waals surface area contributed by atoms with Crippen LogP contribution in [0.25, 0.3) is 0 Å². The third-order valence-electron chi connectivity index (χ3n) is 3.33. The lowest BCUT2D eigenvalue weighted by Gasteiger charge is -2.24. The van der Waals surface area contributed by atoms with Crippen LogP contribution in [0.2, 0.25) is 0 Å². The molecular weight excluding hydrogens is 383 g/mol. The van der Waals surface area contributed by atoms with Gasteiger partial charge in [-0.1, -0.05) is 6.92 Å². The molecule has 0 spiro atoms. The lowest BCUT2D eigenvalue weighted by Crippen LogP contribution is -2.41. The normalized spacial score (nSPS) is 13.2. The molecule has 1 unspecified atom stereocenters. The summed E-state index contributed by atoms with van der Waals surface area (Å²) in [4.78, 5) is 23.5. The van der Waals surface area contributed by atoms with Crippen LogP contribution in [-0.4, -0.2) is 43.5 Å². The zero-order valence-electron chi connectivity index (χ0n) is 14.4. The Morgan fingerprint density at radius 2 is 1.52 bits per heavy atom. The standard InChI is InChI=1S/C16H17F5O6/c1-3-4-25-5-8(23)26-7-16(2,6-22)15(24)27-14-12(20)10(18)9(17)11(19)13(14)21/h22H,3-7H2,1-2H3. The Kier molecular flexibility index (Phi) is 8.10. The summed E-state index contributed by atoms with van der Waals surface area (Å²) >= 11 is 0. The summed E-state index contributed by atoms with van der Waals surface area (Å²) in [5.74, 6) is -16.0. The SMILES string of the molecule is CCCOCC(=O)OCC(C)(CO)C(=O)Oc1c(F)c(F)c(F)c(F)c1F. The van der Waals surface area contributed by atoms with Crippen LogP contribution in [0.3, 0.4) is 0 Å². The summed E-state index contributed by atoms with van der Waals surface area (Å²) in [6.45, 7) is 0.832. The second-order valence-electron chi connectivity index (χ2n) is 5.72. The summed E-state index contributed by atoms with van der Waals surface area (Å²) in [6, 6.07) is 0. The van der Waals surface area contributed by atoms with E-state index in [1.807, 2.05) is 0 Å². The molecule has 0 radical (unpaired) electrons. The first-order valence-corrected chi connectivity index (χ1v) is 7.67. The van der Waals surface area contributed by atoms with Gasteiger partial charge >= 0.3 is 11.9 Å². The van der Waals surface area contributed by atoms with Gasteiger partial charge in [-0.25, -0.2) is 18.0 Å². The largest absolute Gasteiger partial charge is 0.463 e. The Labute approximate surface area is 150 Å². The quantitative estimate of drug-likeness (QED) is 0.171. The van der Waals surface area contributed by atoms with Gasteiger partial charge in [0, 0.05) is 6.61 Å². The minimum absolute atomic E-state index is 0.272. The number of benzene rings is 1. The molecule has 0 fully saturated rings. The van der Waals surface area contributed by atoms with Crippen LogP contribution < -0.4 is 4.74 Å². The number of esters is 2. The van der Waals surface area contributed by atoms with Crippen LogP contribution in [0, 0.1) is 34.5 Å². The molecule has 0 aliphatic carbocycles. The summed E-state index contributed by atoms with van der Waals surface area (Å²) in [5.41, 5.74) is -2.03. The van der Waals surface area contributed by atoms with Crippen molar-refractivity contribution in [3.63, 3.8) is 0 Å². The molecule has 0 saturated carbocycles. The van der Waals surface area contributed by atoms with Crippen LogP contribution in [-0.2, 0) is 19.1 Å². The second-order valence-corrected chi connectivity index (χ2v) is 5.72. The predicted octanol–water partition coefficient (Wildman–Crippen LogP) is 2.26. The Hall–Kier alpha value is -2.27. The molecule has 0 bridgehead atoms. The second kappa shape index (κ2) is 9.60. The fourth-order valence-corrected chi connectivity index (χ4v) is 1.64. The number of aliphatic hydroxyl groups excluding tert-OH is 1. The number of hydrogen-bond acceptors (Lipinski definition) is 6. The molecule has 0 aliphatic rings. The smallest absolute Gasteiger partial charge is 0.332 e. The van der Waals surface area contributed by atoms with Gasteiger partial charge in [0.1, 0.15) is 18.6 Å². The zero-order chi connectivity index (χ0) is 20.8. The lowest BCUT2D eigenvalue weighted by molar-refractivity contribution is -0.161. The van der Waals surface area contributed by atoms with Gasteiger partial charge in [-0.05, 0) is 13.3 Å². The van der Waals surface area contributed by atoms with E-state index in [1.54, 1.807) is 6.92 Å². The lowest BCUT2D eigenvalue weighted by atomic mass is 9.93. The van der Waals surface area contributed by atoms with Crippen LogP contribution in [0.1, 0.15) is 20.3 Å². The third kappa shape index (κ3) is 5.36. The van der Waals surface area contributed by atoms with Gasteiger partial charge in [-0.3, -0.25) is 4.79 Å². The van der Waals surface area contributed by atoms with Gasteiger partial charge in [0.15, 0.2) is 0 Å². The first-order chi connectivity index (χ1) is 12.6. The zero-order valence-corrected chi connectivity index (χ0v) is 14.4. The molecule has 0 aromatic heterocycles. The molecule has 11 heteroatoms. The predicted molar refractivity (Wildman–Crippen MR) is 79.1 cm³/mol.